The fourth-order valence-corrected chi connectivity index (χ4v) is 4.32. The molecule has 0 bridgehead atoms. The van der Waals surface area contributed by atoms with Gasteiger partial charge in [-0.15, -0.1) is 11.8 Å². The molecule has 1 unspecified atom stereocenters. The van der Waals surface area contributed by atoms with Crippen molar-refractivity contribution >= 4 is 11.8 Å². The molecule has 3 heteroatoms. The van der Waals surface area contributed by atoms with Crippen LogP contribution in [0.1, 0.15) is 50.3 Å². The minimum atomic E-state index is 0.657. The molecule has 20 heavy (non-hydrogen) atoms. The molecule has 1 aliphatic rings. The van der Waals surface area contributed by atoms with Gasteiger partial charge in [0.1, 0.15) is 0 Å². The number of hydrogen-bond donors (Lipinski definition) is 1. The molecule has 0 saturated heterocycles. The van der Waals surface area contributed by atoms with Crippen molar-refractivity contribution in [3.8, 4) is 0 Å². The lowest BCUT2D eigenvalue weighted by molar-refractivity contribution is 0.388. The van der Waals surface area contributed by atoms with Gasteiger partial charge in [-0.25, -0.2) is 4.98 Å². The van der Waals surface area contributed by atoms with Gasteiger partial charge in [-0.05, 0) is 63.3 Å². The summed E-state index contributed by atoms with van der Waals surface area (Å²) in [4.78, 5) is 4.65. The Labute approximate surface area is 128 Å². The van der Waals surface area contributed by atoms with Gasteiger partial charge in [0.25, 0.3) is 0 Å². The van der Waals surface area contributed by atoms with Gasteiger partial charge in [0.2, 0.25) is 0 Å². The van der Waals surface area contributed by atoms with E-state index in [4.69, 9.17) is 0 Å². The zero-order valence-corrected chi connectivity index (χ0v) is 13.9. The van der Waals surface area contributed by atoms with Gasteiger partial charge < -0.3 is 5.32 Å². The summed E-state index contributed by atoms with van der Waals surface area (Å²) in [6.45, 7) is 7.63. The first-order valence-corrected chi connectivity index (χ1v) is 8.99. The third kappa shape index (κ3) is 4.78. The van der Waals surface area contributed by atoms with Gasteiger partial charge in [0, 0.05) is 17.5 Å². The van der Waals surface area contributed by atoms with Gasteiger partial charge >= 0.3 is 0 Å². The number of pyridine rings is 1. The molecule has 2 nitrogen and oxygen atoms in total. The summed E-state index contributed by atoms with van der Waals surface area (Å²) in [5.74, 6) is 2.03. The zero-order valence-electron chi connectivity index (χ0n) is 13.1. The van der Waals surface area contributed by atoms with E-state index in [1.54, 1.807) is 0 Å². The molecular weight excluding hydrogens is 264 g/mol. The summed E-state index contributed by atoms with van der Waals surface area (Å²) >= 11 is 1.92. The SMILES string of the molecule is CCCNC(CSc1cc(C)cc(C)n1)C1CCCC1. The van der Waals surface area contributed by atoms with Crippen LogP contribution in [0.2, 0.25) is 0 Å². The summed E-state index contributed by atoms with van der Waals surface area (Å²) in [5, 5.41) is 4.95. The highest BCUT2D eigenvalue weighted by atomic mass is 32.2. The van der Waals surface area contributed by atoms with Gasteiger partial charge in [-0.2, -0.15) is 0 Å². The Morgan fingerprint density at radius 3 is 2.70 bits per heavy atom. The number of thioether (sulfide) groups is 1. The molecule has 1 aromatic heterocycles. The smallest absolute Gasteiger partial charge is 0.0966 e. The van der Waals surface area contributed by atoms with Crippen LogP contribution in [0.15, 0.2) is 17.2 Å². The summed E-state index contributed by atoms with van der Waals surface area (Å²) in [6.07, 6.45) is 6.86. The number of aryl methyl sites for hydroxylation is 2. The third-order valence-corrected chi connectivity index (χ3v) is 5.14. The second-order valence-corrected chi connectivity index (χ2v) is 7.08. The van der Waals surface area contributed by atoms with Gasteiger partial charge in [-0.1, -0.05) is 19.8 Å². The lowest BCUT2D eigenvalue weighted by Crippen LogP contribution is -2.37. The Morgan fingerprint density at radius 1 is 1.30 bits per heavy atom. The van der Waals surface area contributed by atoms with Gasteiger partial charge in [0.15, 0.2) is 0 Å². The van der Waals surface area contributed by atoms with E-state index in [0.29, 0.717) is 6.04 Å². The molecular formula is C17H28N2S. The number of aromatic nitrogens is 1. The average Bonchev–Trinajstić information content (AvgIpc) is 2.91. The Kier molecular flexibility index (Phi) is 6.37. The normalized spacial score (nSPS) is 17.6. The number of nitrogens with zero attached hydrogens (tertiary/aromatic N) is 1. The molecule has 2 rings (SSSR count). The van der Waals surface area contributed by atoms with E-state index in [0.717, 1.165) is 23.9 Å². The number of rotatable bonds is 7. The Hall–Kier alpha value is -0.540. The van der Waals surface area contributed by atoms with E-state index in [9.17, 15) is 0 Å². The monoisotopic (exact) mass is 292 g/mol. The molecule has 112 valence electrons. The largest absolute Gasteiger partial charge is 0.313 e. The lowest BCUT2D eigenvalue weighted by Gasteiger charge is -2.24. The molecule has 0 amide bonds. The first-order chi connectivity index (χ1) is 9.69. The van der Waals surface area contributed by atoms with Crippen molar-refractivity contribution in [2.75, 3.05) is 12.3 Å². The van der Waals surface area contributed by atoms with E-state index in [1.807, 2.05) is 11.8 Å². The molecule has 0 spiro atoms. The van der Waals surface area contributed by atoms with Gasteiger partial charge in [0.05, 0.1) is 5.03 Å². The third-order valence-electron chi connectivity index (χ3n) is 4.11. The van der Waals surface area contributed by atoms with Crippen LogP contribution in [-0.4, -0.2) is 23.3 Å². The molecule has 1 aromatic rings. The molecule has 0 aliphatic heterocycles. The topological polar surface area (TPSA) is 24.9 Å². The first-order valence-electron chi connectivity index (χ1n) is 8.00. The van der Waals surface area contributed by atoms with Crippen LogP contribution in [0, 0.1) is 19.8 Å². The molecule has 1 aliphatic carbocycles. The van der Waals surface area contributed by atoms with Crippen LogP contribution in [0.5, 0.6) is 0 Å². The lowest BCUT2D eigenvalue weighted by atomic mass is 10.00. The summed E-state index contributed by atoms with van der Waals surface area (Å²) in [7, 11) is 0. The average molecular weight is 292 g/mol. The van der Waals surface area contributed by atoms with Crippen molar-refractivity contribution in [1.29, 1.82) is 0 Å². The minimum Gasteiger partial charge on any atom is -0.313 e. The summed E-state index contributed by atoms with van der Waals surface area (Å²) < 4.78 is 0. The van der Waals surface area contributed by atoms with Crippen molar-refractivity contribution in [1.82, 2.24) is 10.3 Å². The van der Waals surface area contributed by atoms with Crippen molar-refractivity contribution < 1.29 is 0 Å². The van der Waals surface area contributed by atoms with E-state index in [1.165, 1.54) is 42.7 Å². The number of hydrogen-bond acceptors (Lipinski definition) is 3. The molecule has 0 aromatic carbocycles. The van der Waals surface area contributed by atoms with E-state index >= 15 is 0 Å². The molecule has 1 fully saturated rings. The summed E-state index contributed by atoms with van der Waals surface area (Å²) in [6, 6.07) is 5.02. The van der Waals surface area contributed by atoms with Crippen molar-refractivity contribution in [3.05, 3.63) is 23.4 Å². The molecule has 1 saturated carbocycles. The maximum atomic E-state index is 4.65. The standard InChI is InChI=1S/C17H28N2S/c1-4-9-18-16(15-7-5-6-8-15)12-20-17-11-13(2)10-14(3)19-17/h10-11,15-16,18H,4-9,12H2,1-3H3. The first kappa shape index (κ1) is 15.8. The van der Waals surface area contributed by atoms with Crippen LogP contribution in [0.4, 0.5) is 0 Å². The van der Waals surface area contributed by atoms with Gasteiger partial charge in [-0.3, -0.25) is 0 Å². The molecule has 0 radical (unpaired) electrons. The summed E-state index contributed by atoms with van der Waals surface area (Å²) in [5.41, 5.74) is 2.45. The van der Waals surface area contributed by atoms with E-state index < -0.39 is 0 Å². The highest BCUT2D eigenvalue weighted by Gasteiger charge is 2.24. The fraction of sp³-hybridized carbons (Fsp3) is 0.706. The van der Waals surface area contributed by atoms with Crippen molar-refractivity contribution in [2.45, 2.75) is 63.9 Å². The Morgan fingerprint density at radius 2 is 2.05 bits per heavy atom. The number of nitrogens with one attached hydrogen (secondary N) is 1. The Balaban J connectivity index is 1.92. The predicted octanol–water partition coefficient (Wildman–Crippen LogP) is 4.35. The van der Waals surface area contributed by atoms with Crippen LogP contribution in [0.25, 0.3) is 0 Å². The van der Waals surface area contributed by atoms with Crippen LogP contribution >= 0.6 is 11.8 Å². The highest BCUT2D eigenvalue weighted by molar-refractivity contribution is 7.99. The fourth-order valence-electron chi connectivity index (χ4n) is 3.10. The van der Waals surface area contributed by atoms with Crippen LogP contribution < -0.4 is 5.32 Å². The molecule has 1 heterocycles. The molecule has 1 atom stereocenters. The molecule has 1 N–H and O–H groups in total. The zero-order chi connectivity index (χ0) is 14.4. The maximum Gasteiger partial charge on any atom is 0.0966 e. The van der Waals surface area contributed by atoms with Crippen LogP contribution in [-0.2, 0) is 0 Å². The predicted molar refractivity (Wildman–Crippen MR) is 88.5 cm³/mol. The van der Waals surface area contributed by atoms with Crippen molar-refractivity contribution in [3.63, 3.8) is 0 Å². The minimum absolute atomic E-state index is 0.657. The second-order valence-electron chi connectivity index (χ2n) is 6.04. The Bertz CT molecular complexity index is 393. The highest BCUT2D eigenvalue weighted by Crippen LogP contribution is 2.30. The second kappa shape index (κ2) is 8.04. The van der Waals surface area contributed by atoms with E-state index in [2.05, 4.69) is 43.2 Å². The van der Waals surface area contributed by atoms with E-state index in [-0.39, 0.29) is 0 Å². The quantitative estimate of drug-likeness (QED) is 0.756. The maximum absolute atomic E-state index is 4.65. The van der Waals surface area contributed by atoms with Crippen molar-refractivity contribution in [2.24, 2.45) is 5.92 Å². The van der Waals surface area contributed by atoms with Crippen LogP contribution in [0.3, 0.4) is 0 Å².